The summed E-state index contributed by atoms with van der Waals surface area (Å²) in [6.07, 6.45) is 2.32. The Morgan fingerprint density at radius 3 is 2.68 bits per heavy atom. The summed E-state index contributed by atoms with van der Waals surface area (Å²) in [7, 11) is 0. The van der Waals surface area contributed by atoms with Crippen molar-refractivity contribution >= 4 is 11.4 Å². The van der Waals surface area contributed by atoms with Gasteiger partial charge in [0.05, 0.1) is 12.1 Å². The van der Waals surface area contributed by atoms with Gasteiger partial charge in [0.15, 0.2) is 11.5 Å². The molecule has 0 radical (unpaired) electrons. The number of carbonyl (C=O) groups is 1. The van der Waals surface area contributed by atoms with Crippen LogP contribution >= 0.6 is 0 Å². The third-order valence-electron chi connectivity index (χ3n) is 3.93. The number of hydrogen-bond donors (Lipinski definition) is 1. The monoisotopic (exact) mass is 293 g/mol. The molecule has 5 nitrogen and oxygen atoms in total. The highest BCUT2D eigenvalue weighted by atomic mass is 16.3. The molecule has 1 aliphatic carbocycles. The number of carbonyl (C=O) groups excluding carboxylic acids is 1. The number of aromatic hydroxyl groups is 1. The number of Topliss-reactive ketones (excluding diaryl/α,β-unsaturated/α-hetero) is 1. The lowest BCUT2D eigenvalue weighted by atomic mass is 10.1. The Balaban J connectivity index is 1.74. The van der Waals surface area contributed by atoms with E-state index in [1.165, 1.54) is 0 Å². The molecule has 1 N–H and O–H groups in total. The SMILES string of the molecule is O=C(Cc1nc2cccc(-c3ccc(O)cc3)n2n1)C1CC1. The molecule has 0 unspecified atom stereocenters. The topological polar surface area (TPSA) is 67.5 Å². The third kappa shape index (κ3) is 2.35. The van der Waals surface area contributed by atoms with E-state index in [2.05, 4.69) is 10.1 Å². The van der Waals surface area contributed by atoms with Gasteiger partial charge in [-0.2, -0.15) is 5.10 Å². The Labute approximate surface area is 127 Å². The molecule has 0 atom stereocenters. The number of phenolic OH excluding ortho intramolecular Hbond substituents is 1. The van der Waals surface area contributed by atoms with Crippen LogP contribution in [0.2, 0.25) is 0 Å². The first-order valence-electron chi connectivity index (χ1n) is 7.37. The summed E-state index contributed by atoms with van der Waals surface area (Å²) in [4.78, 5) is 16.4. The number of benzene rings is 1. The van der Waals surface area contributed by atoms with Crippen LogP contribution in [-0.2, 0) is 11.2 Å². The zero-order valence-electron chi connectivity index (χ0n) is 11.9. The lowest BCUT2D eigenvalue weighted by Gasteiger charge is -2.04. The van der Waals surface area contributed by atoms with Crippen molar-refractivity contribution < 1.29 is 9.90 Å². The van der Waals surface area contributed by atoms with Gasteiger partial charge in [-0.15, -0.1) is 0 Å². The Morgan fingerprint density at radius 2 is 1.95 bits per heavy atom. The highest BCUT2D eigenvalue weighted by molar-refractivity contribution is 5.84. The van der Waals surface area contributed by atoms with Crippen molar-refractivity contribution in [1.82, 2.24) is 14.6 Å². The predicted molar refractivity (Wildman–Crippen MR) is 81.5 cm³/mol. The van der Waals surface area contributed by atoms with Gasteiger partial charge in [-0.1, -0.05) is 6.07 Å². The van der Waals surface area contributed by atoms with E-state index in [1.54, 1.807) is 16.6 Å². The fourth-order valence-corrected chi connectivity index (χ4v) is 2.58. The summed E-state index contributed by atoms with van der Waals surface area (Å²) in [5.74, 6) is 1.26. The summed E-state index contributed by atoms with van der Waals surface area (Å²) >= 11 is 0. The lowest BCUT2D eigenvalue weighted by Crippen LogP contribution is -2.06. The van der Waals surface area contributed by atoms with Gasteiger partial charge in [-0.25, -0.2) is 9.50 Å². The van der Waals surface area contributed by atoms with Gasteiger partial charge < -0.3 is 5.11 Å². The number of fused-ring (bicyclic) bond motifs is 1. The lowest BCUT2D eigenvalue weighted by molar-refractivity contribution is -0.119. The van der Waals surface area contributed by atoms with E-state index in [4.69, 9.17) is 0 Å². The molecule has 0 bridgehead atoms. The van der Waals surface area contributed by atoms with Crippen molar-refractivity contribution in [3.63, 3.8) is 0 Å². The van der Waals surface area contributed by atoms with Crippen molar-refractivity contribution in [1.29, 1.82) is 0 Å². The van der Waals surface area contributed by atoms with E-state index < -0.39 is 0 Å². The number of ketones is 1. The minimum absolute atomic E-state index is 0.225. The van der Waals surface area contributed by atoms with Gasteiger partial charge in [0, 0.05) is 11.5 Å². The molecular weight excluding hydrogens is 278 g/mol. The maximum absolute atomic E-state index is 11.9. The molecule has 1 aliphatic rings. The molecule has 2 aromatic heterocycles. The second-order valence-electron chi connectivity index (χ2n) is 5.67. The van der Waals surface area contributed by atoms with Crippen LogP contribution in [0.5, 0.6) is 5.75 Å². The number of aromatic nitrogens is 3. The quantitative estimate of drug-likeness (QED) is 0.803. The minimum Gasteiger partial charge on any atom is -0.508 e. The van der Waals surface area contributed by atoms with Gasteiger partial charge in [0.25, 0.3) is 0 Å². The molecule has 4 rings (SSSR count). The smallest absolute Gasteiger partial charge is 0.159 e. The Hall–Kier alpha value is -2.69. The zero-order valence-corrected chi connectivity index (χ0v) is 11.9. The van der Waals surface area contributed by atoms with Gasteiger partial charge in [0.2, 0.25) is 0 Å². The molecule has 0 spiro atoms. The van der Waals surface area contributed by atoms with E-state index in [1.807, 2.05) is 30.3 Å². The standard InChI is InChI=1S/C17H15N3O2/c21-13-8-6-11(7-9-13)14-2-1-3-17-18-16(19-20(14)17)10-15(22)12-4-5-12/h1-3,6-9,12,21H,4-5,10H2. The van der Waals surface area contributed by atoms with E-state index in [0.717, 1.165) is 29.7 Å². The van der Waals surface area contributed by atoms with Crippen LogP contribution in [0.1, 0.15) is 18.7 Å². The molecular formula is C17H15N3O2. The molecule has 0 amide bonds. The van der Waals surface area contributed by atoms with Crippen LogP contribution < -0.4 is 0 Å². The van der Waals surface area contributed by atoms with E-state index in [-0.39, 0.29) is 17.5 Å². The van der Waals surface area contributed by atoms with Crippen molar-refractivity contribution in [2.24, 2.45) is 5.92 Å². The van der Waals surface area contributed by atoms with Crippen LogP contribution in [0.4, 0.5) is 0 Å². The number of nitrogens with zero attached hydrogens (tertiary/aromatic N) is 3. The van der Waals surface area contributed by atoms with Crippen LogP contribution in [0.15, 0.2) is 42.5 Å². The number of phenols is 1. The molecule has 5 heteroatoms. The van der Waals surface area contributed by atoms with Crippen molar-refractivity contribution in [3.8, 4) is 17.0 Å². The van der Waals surface area contributed by atoms with Crippen molar-refractivity contribution in [2.75, 3.05) is 0 Å². The fraction of sp³-hybridized carbons (Fsp3) is 0.235. The van der Waals surface area contributed by atoms with E-state index >= 15 is 0 Å². The predicted octanol–water partition coefficient (Wildman–Crippen LogP) is 2.62. The highest BCUT2D eigenvalue weighted by Gasteiger charge is 2.30. The molecule has 110 valence electrons. The van der Waals surface area contributed by atoms with Crippen molar-refractivity contribution in [2.45, 2.75) is 19.3 Å². The average molecular weight is 293 g/mol. The van der Waals surface area contributed by atoms with Gasteiger partial charge >= 0.3 is 0 Å². The number of hydrogen-bond acceptors (Lipinski definition) is 4. The Morgan fingerprint density at radius 1 is 1.18 bits per heavy atom. The number of rotatable bonds is 4. The van der Waals surface area contributed by atoms with Crippen LogP contribution in [0, 0.1) is 5.92 Å². The molecule has 22 heavy (non-hydrogen) atoms. The summed E-state index contributed by atoms with van der Waals surface area (Å²) in [5.41, 5.74) is 2.55. The first-order valence-corrected chi connectivity index (χ1v) is 7.37. The summed E-state index contributed by atoms with van der Waals surface area (Å²) in [6.45, 7) is 0. The molecule has 0 aliphatic heterocycles. The molecule has 2 heterocycles. The molecule has 1 aromatic carbocycles. The van der Waals surface area contributed by atoms with Crippen molar-refractivity contribution in [3.05, 3.63) is 48.3 Å². The second-order valence-corrected chi connectivity index (χ2v) is 5.67. The largest absolute Gasteiger partial charge is 0.508 e. The van der Waals surface area contributed by atoms with Gasteiger partial charge in [-0.05, 0) is 49.2 Å². The molecule has 1 fully saturated rings. The van der Waals surface area contributed by atoms with E-state index in [0.29, 0.717) is 12.2 Å². The fourth-order valence-electron chi connectivity index (χ4n) is 2.58. The maximum atomic E-state index is 11.9. The second kappa shape index (κ2) is 4.94. The van der Waals surface area contributed by atoms with Gasteiger partial charge in [-0.3, -0.25) is 4.79 Å². The summed E-state index contributed by atoms with van der Waals surface area (Å²) < 4.78 is 1.75. The Kier molecular flexibility index (Phi) is 2.92. The molecule has 0 saturated heterocycles. The molecule has 1 saturated carbocycles. The number of pyridine rings is 1. The normalized spacial score (nSPS) is 14.4. The summed E-state index contributed by atoms with van der Waals surface area (Å²) in [5, 5.41) is 13.9. The molecule has 3 aromatic rings. The van der Waals surface area contributed by atoms with E-state index in [9.17, 15) is 9.90 Å². The highest BCUT2D eigenvalue weighted by Crippen LogP contribution is 2.30. The van der Waals surface area contributed by atoms with Gasteiger partial charge in [0.1, 0.15) is 11.5 Å². The third-order valence-corrected chi connectivity index (χ3v) is 3.93. The average Bonchev–Trinajstić information content (AvgIpc) is 3.28. The summed E-state index contributed by atoms with van der Waals surface area (Å²) in [6, 6.07) is 12.7. The van der Waals surface area contributed by atoms with Crippen LogP contribution in [-0.4, -0.2) is 25.5 Å². The van der Waals surface area contributed by atoms with Crippen LogP contribution in [0.25, 0.3) is 16.9 Å². The first-order chi connectivity index (χ1) is 10.7. The minimum atomic E-state index is 0.225. The van der Waals surface area contributed by atoms with Crippen LogP contribution in [0.3, 0.4) is 0 Å². The Bertz CT molecular complexity index is 848. The maximum Gasteiger partial charge on any atom is 0.159 e. The zero-order chi connectivity index (χ0) is 15.1. The first kappa shape index (κ1) is 13.0.